The summed E-state index contributed by atoms with van der Waals surface area (Å²) in [6, 6.07) is 5.84. The zero-order valence-corrected chi connectivity index (χ0v) is 13.1. The van der Waals surface area contributed by atoms with Crippen LogP contribution in [0, 0.1) is 0 Å². The summed E-state index contributed by atoms with van der Waals surface area (Å²) in [7, 11) is 0. The van der Waals surface area contributed by atoms with Gasteiger partial charge in [0.15, 0.2) is 0 Å². The SMILES string of the molecule is CC(OCC1CCCCO1)C(=O)NNC(=O)c1cccc(O)c1. The summed E-state index contributed by atoms with van der Waals surface area (Å²) < 4.78 is 11.0. The van der Waals surface area contributed by atoms with E-state index in [1.165, 1.54) is 18.2 Å². The van der Waals surface area contributed by atoms with E-state index in [4.69, 9.17) is 9.47 Å². The molecule has 0 spiro atoms. The van der Waals surface area contributed by atoms with Gasteiger partial charge >= 0.3 is 0 Å². The molecule has 2 atom stereocenters. The third-order valence-electron chi connectivity index (χ3n) is 3.58. The fraction of sp³-hybridized carbons (Fsp3) is 0.500. The predicted octanol–water partition coefficient (Wildman–Crippen LogP) is 1.13. The van der Waals surface area contributed by atoms with Gasteiger partial charge in [-0.2, -0.15) is 0 Å². The fourth-order valence-corrected chi connectivity index (χ4v) is 2.21. The normalized spacial score (nSPS) is 18.9. The highest BCUT2D eigenvalue weighted by Gasteiger charge is 2.19. The van der Waals surface area contributed by atoms with Crippen molar-refractivity contribution in [2.75, 3.05) is 13.2 Å². The van der Waals surface area contributed by atoms with E-state index in [0.29, 0.717) is 6.61 Å². The molecule has 1 aromatic rings. The average Bonchev–Trinajstić information content (AvgIpc) is 2.58. The Labute approximate surface area is 134 Å². The molecule has 0 radical (unpaired) electrons. The van der Waals surface area contributed by atoms with Crippen molar-refractivity contribution in [3.8, 4) is 5.75 Å². The minimum absolute atomic E-state index is 0.0202. The van der Waals surface area contributed by atoms with Crippen LogP contribution in [0.15, 0.2) is 24.3 Å². The van der Waals surface area contributed by atoms with Crippen LogP contribution in [0.25, 0.3) is 0 Å². The largest absolute Gasteiger partial charge is 0.508 e. The van der Waals surface area contributed by atoms with Gasteiger partial charge in [-0.1, -0.05) is 6.07 Å². The Morgan fingerprint density at radius 1 is 1.39 bits per heavy atom. The van der Waals surface area contributed by atoms with E-state index in [0.717, 1.165) is 25.9 Å². The van der Waals surface area contributed by atoms with Gasteiger partial charge in [0.25, 0.3) is 11.8 Å². The lowest BCUT2D eigenvalue weighted by Crippen LogP contribution is -2.46. The van der Waals surface area contributed by atoms with Crippen LogP contribution in [-0.2, 0) is 14.3 Å². The summed E-state index contributed by atoms with van der Waals surface area (Å²) in [5, 5.41) is 9.32. The van der Waals surface area contributed by atoms with Crippen LogP contribution >= 0.6 is 0 Å². The molecule has 0 aromatic heterocycles. The van der Waals surface area contributed by atoms with Gasteiger partial charge in [0.1, 0.15) is 11.9 Å². The first-order valence-corrected chi connectivity index (χ1v) is 7.68. The number of phenolic OH excluding ortho intramolecular Hbond substituents is 1. The predicted molar refractivity (Wildman–Crippen MR) is 82.7 cm³/mol. The molecule has 0 saturated carbocycles. The van der Waals surface area contributed by atoms with Crippen molar-refractivity contribution in [3.05, 3.63) is 29.8 Å². The molecule has 0 aliphatic carbocycles. The summed E-state index contributed by atoms with van der Waals surface area (Å²) in [5.74, 6) is -0.987. The Balaban J connectivity index is 1.71. The number of hydrogen-bond acceptors (Lipinski definition) is 5. The maximum absolute atomic E-state index is 11.9. The number of rotatable bonds is 5. The van der Waals surface area contributed by atoms with Crippen molar-refractivity contribution < 1.29 is 24.2 Å². The Hall–Kier alpha value is -2.12. The number of amides is 2. The van der Waals surface area contributed by atoms with E-state index in [1.54, 1.807) is 13.0 Å². The average molecular weight is 322 g/mol. The molecule has 1 aliphatic rings. The molecule has 7 heteroatoms. The molecule has 1 heterocycles. The monoisotopic (exact) mass is 322 g/mol. The lowest BCUT2D eigenvalue weighted by atomic mass is 10.1. The quantitative estimate of drug-likeness (QED) is 0.706. The minimum atomic E-state index is -0.704. The third-order valence-corrected chi connectivity index (χ3v) is 3.58. The van der Waals surface area contributed by atoms with Crippen LogP contribution < -0.4 is 10.9 Å². The lowest BCUT2D eigenvalue weighted by Gasteiger charge is -2.23. The standard InChI is InChI=1S/C16H22N2O5/c1-11(23-10-14-7-2-3-8-22-14)15(20)17-18-16(21)12-5-4-6-13(19)9-12/h4-6,9,11,14,19H,2-3,7-8,10H2,1H3,(H,17,20)(H,18,21). The zero-order valence-electron chi connectivity index (χ0n) is 13.1. The molecule has 0 bridgehead atoms. The number of carbonyl (C=O) groups excluding carboxylic acids is 2. The van der Waals surface area contributed by atoms with Crippen molar-refractivity contribution in [2.24, 2.45) is 0 Å². The maximum atomic E-state index is 11.9. The van der Waals surface area contributed by atoms with Gasteiger partial charge in [0, 0.05) is 12.2 Å². The molecule has 3 N–H and O–H groups in total. The Morgan fingerprint density at radius 3 is 2.91 bits per heavy atom. The van der Waals surface area contributed by atoms with Gasteiger partial charge < -0.3 is 14.6 Å². The van der Waals surface area contributed by atoms with E-state index in [2.05, 4.69) is 10.9 Å². The van der Waals surface area contributed by atoms with Crippen LogP contribution in [0.5, 0.6) is 5.75 Å². The molecular weight excluding hydrogens is 300 g/mol. The smallest absolute Gasteiger partial charge is 0.269 e. The highest BCUT2D eigenvalue weighted by Crippen LogP contribution is 2.13. The molecule has 2 rings (SSSR count). The summed E-state index contributed by atoms with van der Waals surface area (Å²) in [6.45, 7) is 2.70. The van der Waals surface area contributed by atoms with Crippen LogP contribution in [0.1, 0.15) is 36.5 Å². The molecule has 2 amide bonds. The van der Waals surface area contributed by atoms with Crippen LogP contribution in [0.4, 0.5) is 0 Å². The minimum Gasteiger partial charge on any atom is -0.508 e. The molecule has 2 unspecified atom stereocenters. The molecule has 1 saturated heterocycles. The molecule has 1 aromatic carbocycles. The zero-order chi connectivity index (χ0) is 16.7. The first-order chi connectivity index (χ1) is 11.1. The van der Waals surface area contributed by atoms with Gasteiger partial charge in [-0.25, -0.2) is 0 Å². The van der Waals surface area contributed by atoms with Gasteiger partial charge in [-0.05, 0) is 44.4 Å². The second-order valence-corrected chi connectivity index (χ2v) is 5.46. The molecule has 1 aliphatic heterocycles. The van der Waals surface area contributed by atoms with E-state index < -0.39 is 17.9 Å². The van der Waals surface area contributed by atoms with Crippen molar-refractivity contribution >= 4 is 11.8 Å². The first-order valence-electron chi connectivity index (χ1n) is 7.68. The van der Waals surface area contributed by atoms with Crippen LogP contribution in [-0.4, -0.2) is 42.3 Å². The van der Waals surface area contributed by atoms with E-state index >= 15 is 0 Å². The van der Waals surface area contributed by atoms with Crippen molar-refractivity contribution in [3.63, 3.8) is 0 Å². The number of ether oxygens (including phenoxy) is 2. The second-order valence-electron chi connectivity index (χ2n) is 5.46. The van der Waals surface area contributed by atoms with E-state index in [1.807, 2.05) is 0 Å². The number of phenols is 1. The number of nitrogens with one attached hydrogen (secondary N) is 2. The summed E-state index contributed by atoms with van der Waals surface area (Å²) in [5.41, 5.74) is 4.83. The molecule has 1 fully saturated rings. The van der Waals surface area contributed by atoms with Crippen molar-refractivity contribution in [1.82, 2.24) is 10.9 Å². The van der Waals surface area contributed by atoms with Gasteiger partial charge in [-0.3, -0.25) is 20.4 Å². The highest BCUT2D eigenvalue weighted by molar-refractivity contribution is 5.96. The maximum Gasteiger partial charge on any atom is 0.269 e. The Bertz CT molecular complexity index is 543. The van der Waals surface area contributed by atoms with Gasteiger partial charge in [-0.15, -0.1) is 0 Å². The Kier molecular flexibility index (Phi) is 6.37. The van der Waals surface area contributed by atoms with Crippen molar-refractivity contribution in [1.29, 1.82) is 0 Å². The lowest BCUT2D eigenvalue weighted by molar-refractivity contribution is -0.136. The van der Waals surface area contributed by atoms with E-state index in [-0.39, 0.29) is 17.4 Å². The number of benzene rings is 1. The number of hydrazine groups is 1. The summed E-state index contributed by atoms with van der Waals surface area (Å²) in [6.07, 6.45) is 2.43. The topological polar surface area (TPSA) is 96.9 Å². The molecule has 23 heavy (non-hydrogen) atoms. The van der Waals surface area contributed by atoms with E-state index in [9.17, 15) is 14.7 Å². The van der Waals surface area contributed by atoms with Crippen LogP contribution in [0.3, 0.4) is 0 Å². The molecular formula is C16H22N2O5. The second kappa shape index (κ2) is 8.50. The fourth-order valence-electron chi connectivity index (χ4n) is 2.21. The number of hydrogen-bond donors (Lipinski definition) is 3. The Morgan fingerprint density at radius 2 is 2.22 bits per heavy atom. The third kappa shape index (κ3) is 5.54. The number of aromatic hydroxyl groups is 1. The summed E-state index contributed by atoms with van der Waals surface area (Å²) in [4.78, 5) is 23.7. The molecule has 7 nitrogen and oxygen atoms in total. The molecule has 126 valence electrons. The number of carbonyl (C=O) groups is 2. The van der Waals surface area contributed by atoms with Gasteiger partial charge in [0.05, 0.1) is 12.7 Å². The first kappa shape index (κ1) is 17.2. The van der Waals surface area contributed by atoms with Crippen LogP contribution in [0.2, 0.25) is 0 Å². The summed E-state index contributed by atoms with van der Waals surface area (Å²) >= 11 is 0. The van der Waals surface area contributed by atoms with Crippen molar-refractivity contribution in [2.45, 2.75) is 38.4 Å². The highest BCUT2D eigenvalue weighted by atomic mass is 16.5. The van der Waals surface area contributed by atoms with Gasteiger partial charge in [0.2, 0.25) is 0 Å².